The Balaban J connectivity index is 1.54. The topological polar surface area (TPSA) is 59.2 Å². The average Bonchev–Trinajstić information content (AvgIpc) is 3.33. The second kappa shape index (κ2) is 6.95. The second-order valence-corrected chi connectivity index (χ2v) is 7.07. The number of carbonyl (C=O) groups excluding carboxylic acids is 1. The van der Waals surface area contributed by atoms with Crippen LogP contribution in [0.2, 0.25) is 0 Å². The summed E-state index contributed by atoms with van der Waals surface area (Å²) in [6, 6.07) is 7.22. The molecule has 26 heavy (non-hydrogen) atoms. The van der Waals surface area contributed by atoms with E-state index in [2.05, 4.69) is 10.1 Å². The summed E-state index contributed by atoms with van der Waals surface area (Å²) in [5, 5.41) is 5.92. The lowest BCUT2D eigenvalue weighted by atomic mass is 9.97. The Kier molecular flexibility index (Phi) is 4.50. The molecule has 0 bridgehead atoms. The van der Waals surface area contributed by atoms with Gasteiger partial charge in [0.2, 0.25) is 11.7 Å². The molecule has 1 saturated heterocycles. The molecule has 1 aliphatic heterocycles. The zero-order valence-electron chi connectivity index (χ0n) is 13.7. The lowest BCUT2D eigenvalue weighted by Gasteiger charge is -2.31. The number of hydrogen-bond donors (Lipinski definition) is 0. The Morgan fingerprint density at radius 2 is 2.04 bits per heavy atom. The van der Waals surface area contributed by atoms with Gasteiger partial charge >= 0.3 is 0 Å². The lowest BCUT2D eigenvalue weighted by Crippen LogP contribution is -2.40. The summed E-state index contributed by atoms with van der Waals surface area (Å²) in [7, 11) is 0. The van der Waals surface area contributed by atoms with E-state index in [0.717, 1.165) is 23.4 Å². The van der Waals surface area contributed by atoms with Crippen molar-refractivity contribution >= 4 is 17.2 Å². The van der Waals surface area contributed by atoms with Gasteiger partial charge in [0.05, 0.1) is 10.8 Å². The van der Waals surface area contributed by atoms with Crippen molar-refractivity contribution < 1.29 is 18.1 Å². The van der Waals surface area contributed by atoms with Crippen LogP contribution in [-0.4, -0.2) is 34.0 Å². The third-order valence-corrected chi connectivity index (χ3v) is 5.28. The van der Waals surface area contributed by atoms with Crippen molar-refractivity contribution in [2.75, 3.05) is 13.1 Å². The fraction of sp³-hybridized carbons (Fsp3) is 0.278. The zero-order valence-corrected chi connectivity index (χ0v) is 14.5. The van der Waals surface area contributed by atoms with Gasteiger partial charge in [-0.1, -0.05) is 17.3 Å². The second-order valence-electron chi connectivity index (χ2n) is 6.12. The summed E-state index contributed by atoms with van der Waals surface area (Å²) in [5.41, 5.74) is -0.516. The molecule has 1 aliphatic rings. The van der Waals surface area contributed by atoms with Crippen LogP contribution in [0.4, 0.5) is 8.78 Å². The van der Waals surface area contributed by atoms with Crippen LogP contribution in [0.5, 0.6) is 0 Å². The lowest BCUT2D eigenvalue weighted by molar-refractivity contribution is 0.0686. The van der Waals surface area contributed by atoms with Crippen LogP contribution in [0.1, 0.15) is 35.0 Å². The third-order valence-electron chi connectivity index (χ3n) is 4.42. The molecule has 1 amide bonds. The van der Waals surface area contributed by atoms with E-state index < -0.39 is 23.1 Å². The number of rotatable bonds is 3. The van der Waals surface area contributed by atoms with E-state index in [-0.39, 0.29) is 5.92 Å². The molecule has 1 fully saturated rings. The highest BCUT2D eigenvalue weighted by atomic mass is 32.1. The van der Waals surface area contributed by atoms with Crippen molar-refractivity contribution in [3.63, 3.8) is 0 Å². The maximum Gasteiger partial charge on any atom is 0.259 e. The standard InChI is InChI=1S/C18H15F2N3O2S/c19-12-5-1-6-13(20)15(12)18(24)23-8-2-4-11(10-23)17-21-16(22-25-17)14-7-3-9-26-14/h1,3,5-7,9,11H,2,4,8,10H2/t11-/m1/s1. The molecule has 3 heterocycles. The highest BCUT2D eigenvalue weighted by molar-refractivity contribution is 7.13. The highest BCUT2D eigenvalue weighted by Gasteiger charge is 2.31. The van der Waals surface area contributed by atoms with Crippen LogP contribution >= 0.6 is 11.3 Å². The first-order chi connectivity index (χ1) is 12.6. The first kappa shape index (κ1) is 16.8. The number of aromatic nitrogens is 2. The Morgan fingerprint density at radius 3 is 2.77 bits per heavy atom. The molecule has 8 heteroatoms. The van der Waals surface area contributed by atoms with E-state index in [0.29, 0.717) is 31.2 Å². The molecule has 0 radical (unpaired) electrons. The minimum absolute atomic E-state index is 0.149. The summed E-state index contributed by atoms with van der Waals surface area (Å²) >= 11 is 1.51. The third kappa shape index (κ3) is 3.12. The highest BCUT2D eigenvalue weighted by Crippen LogP contribution is 2.30. The van der Waals surface area contributed by atoms with Gasteiger partial charge < -0.3 is 9.42 Å². The zero-order chi connectivity index (χ0) is 18.1. The Labute approximate surface area is 152 Å². The van der Waals surface area contributed by atoms with Gasteiger partial charge in [0, 0.05) is 13.1 Å². The molecule has 134 valence electrons. The first-order valence-corrected chi connectivity index (χ1v) is 9.12. The average molecular weight is 375 g/mol. The van der Waals surface area contributed by atoms with E-state index in [1.54, 1.807) is 0 Å². The summed E-state index contributed by atoms with van der Waals surface area (Å²) in [6.45, 7) is 0.730. The number of thiophene rings is 1. The van der Waals surface area contributed by atoms with Crippen LogP contribution in [0.15, 0.2) is 40.2 Å². The van der Waals surface area contributed by atoms with Crippen molar-refractivity contribution in [1.29, 1.82) is 0 Å². The van der Waals surface area contributed by atoms with E-state index in [1.165, 1.54) is 22.3 Å². The number of likely N-dealkylation sites (tertiary alicyclic amines) is 1. The molecule has 1 aromatic carbocycles. The van der Waals surface area contributed by atoms with Gasteiger partial charge in [-0.3, -0.25) is 4.79 Å². The Morgan fingerprint density at radius 1 is 1.23 bits per heavy atom. The monoisotopic (exact) mass is 375 g/mol. The summed E-state index contributed by atoms with van der Waals surface area (Å²) in [5.74, 6) is -1.55. The summed E-state index contributed by atoms with van der Waals surface area (Å²) in [6.07, 6.45) is 1.47. The van der Waals surface area contributed by atoms with E-state index in [9.17, 15) is 13.6 Å². The van der Waals surface area contributed by atoms with Gasteiger partial charge in [-0.05, 0) is 36.4 Å². The minimum Gasteiger partial charge on any atom is -0.339 e. The number of benzene rings is 1. The molecule has 0 saturated carbocycles. The van der Waals surface area contributed by atoms with Crippen LogP contribution < -0.4 is 0 Å². The number of nitrogens with zero attached hydrogens (tertiary/aromatic N) is 3. The predicted molar refractivity (Wildman–Crippen MR) is 91.8 cm³/mol. The molecule has 0 N–H and O–H groups in total. The van der Waals surface area contributed by atoms with Gasteiger partial charge in [-0.2, -0.15) is 4.98 Å². The molecule has 2 aromatic heterocycles. The van der Waals surface area contributed by atoms with Crippen molar-refractivity contribution in [3.05, 3.63) is 58.8 Å². The number of hydrogen-bond acceptors (Lipinski definition) is 5. The Bertz CT molecular complexity index is 906. The van der Waals surface area contributed by atoms with Crippen molar-refractivity contribution in [2.45, 2.75) is 18.8 Å². The fourth-order valence-corrected chi connectivity index (χ4v) is 3.78. The molecular weight excluding hydrogens is 360 g/mol. The van der Waals surface area contributed by atoms with E-state index in [1.807, 2.05) is 17.5 Å². The fourth-order valence-electron chi connectivity index (χ4n) is 3.13. The largest absolute Gasteiger partial charge is 0.339 e. The predicted octanol–water partition coefficient (Wildman–Crippen LogP) is 4.10. The van der Waals surface area contributed by atoms with Crippen molar-refractivity contribution in [3.8, 4) is 10.7 Å². The molecular formula is C18H15F2N3O2S. The van der Waals surface area contributed by atoms with Gasteiger partial charge in [0.25, 0.3) is 5.91 Å². The van der Waals surface area contributed by atoms with Crippen molar-refractivity contribution in [2.24, 2.45) is 0 Å². The number of piperidine rings is 1. The molecule has 3 aromatic rings. The molecule has 5 nitrogen and oxygen atoms in total. The molecule has 0 spiro atoms. The normalized spacial score (nSPS) is 17.5. The Hall–Kier alpha value is -2.61. The molecule has 1 atom stereocenters. The van der Waals surface area contributed by atoms with E-state index in [4.69, 9.17) is 4.52 Å². The van der Waals surface area contributed by atoms with Crippen LogP contribution in [0.25, 0.3) is 10.7 Å². The van der Waals surface area contributed by atoms with Crippen LogP contribution in [-0.2, 0) is 0 Å². The maximum absolute atomic E-state index is 13.9. The summed E-state index contributed by atoms with van der Waals surface area (Å²) < 4.78 is 33.2. The number of halogens is 2. The molecule has 0 aliphatic carbocycles. The minimum atomic E-state index is -0.852. The SMILES string of the molecule is O=C(c1c(F)cccc1F)N1CCC[C@@H](c2nc(-c3cccs3)no2)C1. The van der Waals surface area contributed by atoms with Gasteiger partial charge in [0.1, 0.15) is 17.2 Å². The van der Waals surface area contributed by atoms with Crippen LogP contribution in [0, 0.1) is 11.6 Å². The first-order valence-electron chi connectivity index (χ1n) is 8.24. The summed E-state index contributed by atoms with van der Waals surface area (Å²) in [4.78, 5) is 19.4. The van der Waals surface area contributed by atoms with E-state index >= 15 is 0 Å². The number of amides is 1. The quantitative estimate of drug-likeness (QED) is 0.692. The van der Waals surface area contributed by atoms with Gasteiger partial charge in [-0.15, -0.1) is 11.3 Å². The smallest absolute Gasteiger partial charge is 0.259 e. The van der Waals surface area contributed by atoms with Gasteiger partial charge in [-0.25, -0.2) is 8.78 Å². The van der Waals surface area contributed by atoms with Crippen molar-refractivity contribution in [1.82, 2.24) is 15.0 Å². The molecule has 4 rings (SSSR count). The van der Waals surface area contributed by atoms with Crippen LogP contribution in [0.3, 0.4) is 0 Å². The maximum atomic E-state index is 13.9. The van der Waals surface area contributed by atoms with Gasteiger partial charge in [0.15, 0.2) is 0 Å². The number of carbonyl (C=O) groups is 1. The molecule has 0 unspecified atom stereocenters.